The first-order chi connectivity index (χ1) is 9.15. The van der Waals surface area contributed by atoms with Crippen LogP contribution in [0.5, 0.6) is 5.75 Å². The van der Waals surface area contributed by atoms with Crippen molar-refractivity contribution < 1.29 is 31.2 Å². The van der Waals surface area contributed by atoms with E-state index in [0.717, 1.165) is 12.1 Å². The number of rotatable bonds is 6. The fraction of sp³-hybridized carbons (Fsp3) is 0.400. The predicted octanol–water partition coefficient (Wildman–Crippen LogP) is -0.320. The van der Waals surface area contributed by atoms with Crippen LogP contribution in [0.3, 0.4) is 0 Å². The fourth-order valence-electron chi connectivity index (χ4n) is 1.58. The Morgan fingerprint density at radius 3 is 2.30 bits per heavy atom. The lowest BCUT2D eigenvalue weighted by Gasteiger charge is -2.15. The molecule has 20 heavy (non-hydrogen) atoms. The second-order valence-electron chi connectivity index (χ2n) is 3.76. The first-order valence-electron chi connectivity index (χ1n) is 5.51. The van der Waals surface area contributed by atoms with Gasteiger partial charge in [0, 0.05) is 0 Å². The lowest BCUT2D eigenvalue weighted by molar-refractivity contribution is 0.315. The highest BCUT2D eigenvalue weighted by atomic mass is 32.2. The quantitative estimate of drug-likeness (QED) is 0.477. The molecule has 0 atom stereocenters. The maximum Gasteiger partial charge on any atom is 0.300 e. The predicted molar refractivity (Wildman–Crippen MR) is 71.0 cm³/mol. The minimum absolute atomic E-state index is 0.0341. The molecule has 0 aliphatic rings. The van der Waals surface area contributed by atoms with Crippen molar-refractivity contribution in [2.75, 3.05) is 24.7 Å². The van der Waals surface area contributed by atoms with Crippen molar-refractivity contribution in [3.8, 4) is 5.75 Å². The van der Waals surface area contributed by atoms with Gasteiger partial charge in [-0.3, -0.25) is 4.55 Å². The number of hydrogen-bond acceptors (Lipinski definition) is 7. The zero-order chi connectivity index (χ0) is 15.6. The molecule has 0 fully saturated rings. The van der Waals surface area contributed by atoms with Crippen LogP contribution in [0.25, 0.3) is 0 Å². The molecule has 8 nitrogen and oxygen atoms in total. The summed E-state index contributed by atoms with van der Waals surface area (Å²) in [5.41, 5.74) is 5.13. The molecule has 0 aliphatic heterocycles. The molecule has 0 bridgehead atoms. The Bertz CT molecular complexity index is 695. The second-order valence-corrected chi connectivity index (χ2v) is 7.20. The van der Waals surface area contributed by atoms with Crippen molar-refractivity contribution in [1.82, 2.24) is 0 Å². The van der Waals surface area contributed by atoms with Gasteiger partial charge in [-0.1, -0.05) is 0 Å². The van der Waals surface area contributed by atoms with Crippen molar-refractivity contribution in [3.05, 3.63) is 12.1 Å². The summed E-state index contributed by atoms with van der Waals surface area (Å²) in [4.78, 5) is -1.24. The highest BCUT2D eigenvalue weighted by Crippen LogP contribution is 2.36. The van der Waals surface area contributed by atoms with Gasteiger partial charge in [0.25, 0.3) is 10.1 Å². The van der Waals surface area contributed by atoms with E-state index in [-0.39, 0.29) is 12.3 Å². The standard InChI is InChI=1S/C10H15NO7S2/c1-2-18-9-8(19(13,14)6-5-12)4-3-7(11)10(9)20(15,16)17/h3-4,12H,2,5-6,11H2,1H3,(H,15,16,17). The van der Waals surface area contributed by atoms with Crippen LogP contribution < -0.4 is 10.5 Å². The number of nitrogens with two attached hydrogens (primary N) is 1. The normalized spacial score (nSPS) is 12.3. The maximum absolute atomic E-state index is 12.0. The van der Waals surface area contributed by atoms with Gasteiger partial charge in [-0.15, -0.1) is 0 Å². The number of aliphatic hydroxyl groups is 1. The molecule has 0 saturated carbocycles. The third kappa shape index (κ3) is 3.39. The molecular formula is C10H15NO7S2. The van der Waals surface area contributed by atoms with E-state index in [1.807, 2.05) is 0 Å². The molecule has 0 aliphatic carbocycles. The molecule has 10 heteroatoms. The van der Waals surface area contributed by atoms with E-state index in [9.17, 15) is 16.8 Å². The Labute approximate surface area is 116 Å². The number of sulfone groups is 1. The Morgan fingerprint density at radius 1 is 1.25 bits per heavy atom. The Kier molecular flexibility index (Phi) is 4.97. The molecule has 1 aromatic rings. The molecule has 0 amide bonds. The summed E-state index contributed by atoms with van der Waals surface area (Å²) in [7, 11) is -8.73. The average molecular weight is 325 g/mol. The lowest BCUT2D eigenvalue weighted by Crippen LogP contribution is -2.15. The number of nitrogen functional groups attached to an aromatic ring is 1. The van der Waals surface area contributed by atoms with Crippen molar-refractivity contribution in [2.45, 2.75) is 16.7 Å². The molecule has 0 saturated heterocycles. The van der Waals surface area contributed by atoms with E-state index in [4.69, 9.17) is 20.1 Å². The van der Waals surface area contributed by atoms with Crippen molar-refractivity contribution in [3.63, 3.8) is 0 Å². The minimum Gasteiger partial charge on any atom is -0.491 e. The maximum atomic E-state index is 12.0. The SMILES string of the molecule is CCOc1c(S(=O)(=O)CCO)ccc(N)c1S(=O)(=O)O. The van der Waals surface area contributed by atoms with E-state index in [0.29, 0.717) is 0 Å². The van der Waals surface area contributed by atoms with Gasteiger partial charge in [0.05, 0.1) is 24.7 Å². The van der Waals surface area contributed by atoms with E-state index >= 15 is 0 Å². The molecule has 114 valence electrons. The van der Waals surface area contributed by atoms with Crippen LogP contribution >= 0.6 is 0 Å². The summed E-state index contributed by atoms with van der Waals surface area (Å²) in [5, 5.41) is 8.76. The van der Waals surface area contributed by atoms with Gasteiger partial charge >= 0.3 is 0 Å². The molecular weight excluding hydrogens is 310 g/mol. The van der Waals surface area contributed by atoms with Gasteiger partial charge in [-0.25, -0.2) is 8.42 Å². The third-order valence-electron chi connectivity index (χ3n) is 2.35. The van der Waals surface area contributed by atoms with Crippen molar-refractivity contribution in [1.29, 1.82) is 0 Å². The van der Waals surface area contributed by atoms with Crippen LogP contribution in [0.15, 0.2) is 21.9 Å². The largest absolute Gasteiger partial charge is 0.491 e. The van der Waals surface area contributed by atoms with Gasteiger partial charge in [0.2, 0.25) is 0 Å². The molecule has 0 heterocycles. The van der Waals surface area contributed by atoms with Gasteiger partial charge in [0.15, 0.2) is 20.5 Å². The summed E-state index contributed by atoms with van der Waals surface area (Å²) >= 11 is 0. The topological polar surface area (TPSA) is 144 Å². The van der Waals surface area contributed by atoms with Crippen LogP contribution in [0.1, 0.15) is 6.92 Å². The summed E-state index contributed by atoms with van der Waals surface area (Å²) in [5.74, 6) is -1.15. The molecule has 1 rings (SSSR count). The number of anilines is 1. The van der Waals surface area contributed by atoms with Crippen LogP contribution in [0.2, 0.25) is 0 Å². The molecule has 4 N–H and O–H groups in total. The van der Waals surface area contributed by atoms with E-state index in [1.54, 1.807) is 0 Å². The Morgan fingerprint density at radius 2 is 1.85 bits per heavy atom. The highest BCUT2D eigenvalue weighted by molar-refractivity contribution is 7.91. The molecule has 0 radical (unpaired) electrons. The summed E-state index contributed by atoms with van der Waals surface area (Å²) in [6, 6.07) is 2.11. The minimum atomic E-state index is -4.76. The zero-order valence-corrected chi connectivity index (χ0v) is 12.2. The van der Waals surface area contributed by atoms with Gasteiger partial charge in [-0.2, -0.15) is 8.42 Å². The van der Waals surface area contributed by atoms with Gasteiger partial charge < -0.3 is 15.6 Å². The van der Waals surface area contributed by atoms with Crippen molar-refractivity contribution >= 4 is 25.6 Å². The molecule has 1 aromatic carbocycles. The zero-order valence-electron chi connectivity index (χ0n) is 10.6. The molecule has 0 aromatic heterocycles. The first kappa shape index (κ1) is 16.7. The summed E-state index contributed by atoms with van der Waals surface area (Å²) in [6.07, 6.45) is 0. The fourth-order valence-corrected chi connectivity index (χ4v) is 3.59. The number of hydrogen-bond donors (Lipinski definition) is 3. The third-order valence-corrected chi connectivity index (χ3v) is 5.00. The monoisotopic (exact) mass is 325 g/mol. The average Bonchev–Trinajstić information content (AvgIpc) is 2.27. The van der Waals surface area contributed by atoms with Crippen molar-refractivity contribution in [2.24, 2.45) is 0 Å². The summed E-state index contributed by atoms with van der Waals surface area (Å²) in [6.45, 7) is 0.840. The van der Waals surface area contributed by atoms with E-state index in [2.05, 4.69) is 0 Å². The van der Waals surface area contributed by atoms with Gasteiger partial charge in [-0.05, 0) is 19.1 Å². The van der Waals surface area contributed by atoms with Crippen LogP contribution in [0.4, 0.5) is 5.69 Å². The molecule has 0 spiro atoms. The molecule has 0 unspecified atom stereocenters. The number of ether oxygens (including phenoxy) is 1. The Hall–Kier alpha value is -1.36. The number of benzene rings is 1. The highest BCUT2D eigenvalue weighted by Gasteiger charge is 2.29. The second kappa shape index (κ2) is 5.95. The summed E-state index contributed by atoms with van der Waals surface area (Å²) < 4.78 is 60.8. The van der Waals surface area contributed by atoms with Crippen LogP contribution in [0, 0.1) is 0 Å². The smallest absolute Gasteiger partial charge is 0.300 e. The van der Waals surface area contributed by atoms with Crippen LogP contribution in [-0.2, 0) is 20.0 Å². The lowest BCUT2D eigenvalue weighted by atomic mass is 10.3. The first-order valence-corrected chi connectivity index (χ1v) is 8.60. The van der Waals surface area contributed by atoms with E-state index < -0.39 is 47.9 Å². The van der Waals surface area contributed by atoms with Gasteiger partial charge in [0.1, 0.15) is 4.90 Å². The van der Waals surface area contributed by atoms with Crippen LogP contribution in [-0.4, -0.2) is 45.5 Å². The Balaban J connectivity index is 3.72. The number of aliphatic hydroxyl groups excluding tert-OH is 1. The van der Waals surface area contributed by atoms with E-state index in [1.165, 1.54) is 6.92 Å².